The molecule has 1 unspecified atom stereocenters. The van der Waals surface area contributed by atoms with Crippen LogP contribution in [0.25, 0.3) is 0 Å². The van der Waals surface area contributed by atoms with Crippen LogP contribution in [0.15, 0.2) is 36.7 Å². The van der Waals surface area contributed by atoms with Crippen LogP contribution in [0.3, 0.4) is 0 Å². The van der Waals surface area contributed by atoms with Crippen LogP contribution < -0.4 is 11.1 Å². The summed E-state index contributed by atoms with van der Waals surface area (Å²) in [5, 5.41) is 2.26. The molecule has 0 saturated heterocycles. The second kappa shape index (κ2) is 6.38. The number of hydrogen-bond acceptors (Lipinski definition) is 5. The monoisotopic (exact) mass is 297 g/mol. The van der Waals surface area contributed by atoms with Gasteiger partial charge in [0.15, 0.2) is 0 Å². The molecule has 0 aliphatic heterocycles. The Morgan fingerprint density at radius 1 is 1.14 bits per heavy atom. The van der Waals surface area contributed by atoms with E-state index in [4.69, 9.17) is 5.73 Å². The highest BCUT2D eigenvalue weighted by atomic mass is 19.4. The predicted molar refractivity (Wildman–Crippen MR) is 72.5 cm³/mol. The highest BCUT2D eigenvalue weighted by molar-refractivity contribution is 5.31. The van der Waals surface area contributed by atoms with E-state index in [1.165, 1.54) is 0 Å². The second-order valence-corrected chi connectivity index (χ2v) is 4.43. The first-order valence-corrected chi connectivity index (χ1v) is 6.27. The summed E-state index contributed by atoms with van der Waals surface area (Å²) in [6, 6.07) is 7.22. The maximum absolute atomic E-state index is 13.0. The SMILES string of the molecule is Nc1ncnc(NC(CCc2ccccc2)C(F)(F)F)n1. The number of hydrogen-bond donors (Lipinski definition) is 2. The average Bonchev–Trinajstić information content (AvgIpc) is 2.43. The van der Waals surface area contributed by atoms with Gasteiger partial charge in [-0.3, -0.25) is 0 Å². The summed E-state index contributed by atoms with van der Waals surface area (Å²) < 4.78 is 39.1. The summed E-state index contributed by atoms with van der Waals surface area (Å²) in [5.41, 5.74) is 6.16. The van der Waals surface area contributed by atoms with E-state index in [0.29, 0.717) is 6.42 Å². The lowest BCUT2D eigenvalue weighted by Gasteiger charge is -2.21. The highest BCUT2D eigenvalue weighted by Gasteiger charge is 2.39. The van der Waals surface area contributed by atoms with Crippen LogP contribution in [0.4, 0.5) is 25.1 Å². The van der Waals surface area contributed by atoms with Crippen molar-refractivity contribution in [3.8, 4) is 0 Å². The molecule has 0 spiro atoms. The van der Waals surface area contributed by atoms with Gasteiger partial charge in [-0.2, -0.15) is 18.2 Å². The molecular formula is C13H14F3N5. The van der Waals surface area contributed by atoms with Gasteiger partial charge in [-0.05, 0) is 18.4 Å². The molecule has 0 amide bonds. The molecule has 1 aromatic heterocycles. The Morgan fingerprint density at radius 2 is 1.86 bits per heavy atom. The standard InChI is InChI=1S/C13H14F3N5/c14-13(15,16)10(7-6-9-4-2-1-3-5-9)20-12-19-8-18-11(17)21-12/h1-5,8,10H,6-7H2,(H3,17,18,19,20,21). The molecule has 0 aliphatic rings. The van der Waals surface area contributed by atoms with Crippen LogP contribution in [0.2, 0.25) is 0 Å². The molecule has 5 nitrogen and oxygen atoms in total. The molecule has 8 heteroatoms. The van der Waals surface area contributed by atoms with Gasteiger partial charge >= 0.3 is 6.18 Å². The van der Waals surface area contributed by atoms with Crippen molar-refractivity contribution in [1.29, 1.82) is 0 Å². The van der Waals surface area contributed by atoms with Gasteiger partial charge in [0.05, 0.1) is 0 Å². The van der Waals surface area contributed by atoms with Crippen molar-refractivity contribution in [2.24, 2.45) is 0 Å². The number of benzene rings is 1. The van der Waals surface area contributed by atoms with Crippen molar-refractivity contribution in [2.45, 2.75) is 25.1 Å². The Labute approximate surface area is 119 Å². The number of halogens is 3. The second-order valence-electron chi connectivity index (χ2n) is 4.43. The van der Waals surface area contributed by atoms with Gasteiger partial charge < -0.3 is 11.1 Å². The van der Waals surface area contributed by atoms with Gasteiger partial charge in [-0.25, -0.2) is 9.97 Å². The van der Waals surface area contributed by atoms with Crippen LogP contribution >= 0.6 is 0 Å². The van der Waals surface area contributed by atoms with Gasteiger partial charge in [-0.1, -0.05) is 30.3 Å². The third-order valence-electron chi connectivity index (χ3n) is 2.85. The molecular weight excluding hydrogens is 283 g/mol. The third-order valence-corrected chi connectivity index (χ3v) is 2.85. The summed E-state index contributed by atoms with van der Waals surface area (Å²) in [6.45, 7) is 0. The Morgan fingerprint density at radius 3 is 2.48 bits per heavy atom. The summed E-state index contributed by atoms with van der Waals surface area (Å²) in [6.07, 6.45) is -3.18. The fourth-order valence-electron chi connectivity index (χ4n) is 1.81. The lowest BCUT2D eigenvalue weighted by Crippen LogP contribution is -2.37. The molecule has 0 fully saturated rings. The molecule has 21 heavy (non-hydrogen) atoms. The zero-order valence-electron chi connectivity index (χ0n) is 11.0. The number of rotatable bonds is 5. The van der Waals surface area contributed by atoms with Crippen molar-refractivity contribution in [3.63, 3.8) is 0 Å². The Kier molecular flexibility index (Phi) is 4.56. The zero-order valence-corrected chi connectivity index (χ0v) is 11.0. The molecule has 1 atom stereocenters. The van der Waals surface area contributed by atoms with E-state index in [-0.39, 0.29) is 18.3 Å². The molecule has 2 aromatic rings. The minimum Gasteiger partial charge on any atom is -0.368 e. The summed E-state index contributed by atoms with van der Waals surface area (Å²) in [7, 11) is 0. The average molecular weight is 297 g/mol. The van der Waals surface area contributed by atoms with E-state index in [0.717, 1.165) is 11.9 Å². The van der Waals surface area contributed by atoms with Gasteiger partial charge in [0.1, 0.15) is 12.4 Å². The number of nitrogens with one attached hydrogen (secondary N) is 1. The third kappa shape index (κ3) is 4.59. The van der Waals surface area contributed by atoms with E-state index < -0.39 is 12.2 Å². The molecule has 2 rings (SSSR count). The molecule has 0 radical (unpaired) electrons. The summed E-state index contributed by atoms with van der Waals surface area (Å²) in [4.78, 5) is 10.8. The van der Waals surface area contributed by atoms with Crippen LogP contribution in [0.1, 0.15) is 12.0 Å². The molecule has 0 saturated carbocycles. The summed E-state index contributed by atoms with van der Waals surface area (Å²) >= 11 is 0. The van der Waals surface area contributed by atoms with E-state index in [1.807, 2.05) is 6.07 Å². The number of anilines is 2. The highest BCUT2D eigenvalue weighted by Crippen LogP contribution is 2.26. The first-order chi connectivity index (χ1) is 9.95. The fourth-order valence-corrected chi connectivity index (χ4v) is 1.81. The molecule has 1 aromatic carbocycles. The van der Waals surface area contributed by atoms with Crippen molar-refractivity contribution in [3.05, 3.63) is 42.2 Å². The van der Waals surface area contributed by atoms with Crippen LogP contribution in [0, 0.1) is 0 Å². The quantitative estimate of drug-likeness (QED) is 0.886. The summed E-state index contributed by atoms with van der Waals surface area (Å²) in [5.74, 6) is -0.311. The largest absolute Gasteiger partial charge is 0.408 e. The number of aryl methyl sites for hydroxylation is 1. The molecule has 3 N–H and O–H groups in total. The molecule has 1 heterocycles. The Bertz CT molecular complexity index is 574. The van der Waals surface area contributed by atoms with E-state index in [2.05, 4.69) is 20.3 Å². The van der Waals surface area contributed by atoms with Crippen molar-refractivity contribution < 1.29 is 13.2 Å². The normalized spacial score (nSPS) is 12.9. The Balaban J connectivity index is 2.05. The van der Waals surface area contributed by atoms with E-state index in [9.17, 15) is 13.2 Å². The van der Waals surface area contributed by atoms with E-state index >= 15 is 0 Å². The van der Waals surface area contributed by atoms with Crippen LogP contribution in [-0.2, 0) is 6.42 Å². The van der Waals surface area contributed by atoms with Crippen molar-refractivity contribution >= 4 is 11.9 Å². The number of nitrogen functional groups attached to an aromatic ring is 1. The van der Waals surface area contributed by atoms with Gasteiger partial charge in [0, 0.05) is 0 Å². The van der Waals surface area contributed by atoms with Crippen LogP contribution in [-0.4, -0.2) is 27.2 Å². The lowest BCUT2D eigenvalue weighted by atomic mass is 10.1. The number of nitrogens with two attached hydrogens (primary N) is 1. The number of nitrogens with zero attached hydrogens (tertiary/aromatic N) is 3. The molecule has 0 aliphatic carbocycles. The zero-order chi connectivity index (χ0) is 15.3. The van der Waals surface area contributed by atoms with Gasteiger partial charge in [-0.15, -0.1) is 0 Å². The fraction of sp³-hybridized carbons (Fsp3) is 0.308. The van der Waals surface area contributed by atoms with Crippen molar-refractivity contribution in [1.82, 2.24) is 15.0 Å². The topological polar surface area (TPSA) is 76.7 Å². The first-order valence-electron chi connectivity index (χ1n) is 6.27. The lowest BCUT2D eigenvalue weighted by molar-refractivity contribution is -0.143. The van der Waals surface area contributed by atoms with Gasteiger partial charge in [0.2, 0.25) is 11.9 Å². The van der Waals surface area contributed by atoms with E-state index in [1.54, 1.807) is 24.3 Å². The van der Waals surface area contributed by atoms with Gasteiger partial charge in [0.25, 0.3) is 0 Å². The maximum Gasteiger partial charge on any atom is 0.408 e. The molecule has 0 bridgehead atoms. The maximum atomic E-state index is 13.0. The number of alkyl halides is 3. The first kappa shape index (κ1) is 15.0. The molecule has 112 valence electrons. The number of aromatic nitrogens is 3. The van der Waals surface area contributed by atoms with Crippen LogP contribution in [0.5, 0.6) is 0 Å². The Hall–Kier alpha value is -2.38. The minimum atomic E-state index is -4.41. The minimum absolute atomic E-state index is 0.126. The van der Waals surface area contributed by atoms with Crippen molar-refractivity contribution in [2.75, 3.05) is 11.1 Å². The predicted octanol–water partition coefficient (Wildman–Crippen LogP) is 2.43. The smallest absolute Gasteiger partial charge is 0.368 e.